The fraction of sp³-hybridized carbons (Fsp3) is 0.423. The number of aromatic nitrogens is 2. The Morgan fingerprint density at radius 2 is 1.97 bits per heavy atom. The average Bonchev–Trinajstić information content (AvgIpc) is 2.93. The lowest BCUT2D eigenvalue weighted by Gasteiger charge is -2.18. The van der Waals surface area contributed by atoms with Crippen molar-refractivity contribution in [2.24, 2.45) is 21.5 Å². The summed E-state index contributed by atoms with van der Waals surface area (Å²) in [7, 11) is 0. The van der Waals surface area contributed by atoms with Crippen LogP contribution in [0.5, 0.6) is 5.75 Å². The monoisotopic (exact) mass is 524 g/mol. The van der Waals surface area contributed by atoms with Crippen molar-refractivity contribution in [2.45, 2.75) is 51.0 Å². The van der Waals surface area contributed by atoms with E-state index < -0.39 is 0 Å². The number of anilines is 1. The van der Waals surface area contributed by atoms with E-state index in [0.717, 1.165) is 24.0 Å². The molecule has 3 rings (SSSR count). The van der Waals surface area contributed by atoms with Crippen LogP contribution >= 0.6 is 11.6 Å². The minimum Gasteiger partial charge on any atom is -0.490 e. The van der Waals surface area contributed by atoms with Crippen LogP contribution in [0.2, 0.25) is 5.02 Å². The molecule has 0 atom stereocenters. The summed E-state index contributed by atoms with van der Waals surface area (Å²) in [5, 5.41) is 12.4. The van der Waals surface area contributed by atoms with Gasteiger partial charge in [0.1, 0.15) is 18.1 Å². The van der Waals surface area contributed by atoms with Crippen LogP contribution in [-0.2, 0) is 4.74 Å². The van der Waals surface area contributed by atoms with Crippen LogP contribution in [0, 0.1) is 11.3 Å². The van der Waals surface area contributed by atoms with Gasteiger partial charge in [0, 0.05) is 24.4 Å². The maximum absolute atomic E-state index is 8.73. The van der Waals surface area contributed by atoms with Crippen molar-refractivity contribution in [2.75, 3.05) is 25.1 Å². The number of halogens is 1. The van der Waals surface area contributed by atoms with Crippen molar-refractivity contribution in [1.82, 2.24) is 9.97 Å². The Morgan fingerprint density at radius 3 is 2.70 bits per heavy atom. The number of unbranched alkanes of at least 4 members (excludes halogenated alkanes) is 1. The topological polar surface area (TPSA) is 157 Å². The predicted octanol–water partition coefficient (Wildman–Crippen LogP) is 4.43. The third-order valence-corrected chi connectivity index (χ3v) is 6.00. The van der Waals surface area contributed by atoms with E-state index in [1.165, 1.54) is 25.6 Å². The van der Waals surface area contributed by atoms with Crippen molar-refractivity contribution < 1.29 is 9.47 Å². The number of nitrogens with one attached hydrogen (secondary N) is 1. The summed E-state index contributed by atoms with van der Waals surface area (Å²) in [6.45, 7) is 1.13. The molecule has 0 saturated heterocycles. The first-order chi connectivity index (χ1) is 18.1. The summed E-state index contributed by atoms with van der Waals surface area (Å²) in [6.07, 6.45) is 13.0. The molecule has 1 aliphatic carbocycles. The number of rotatable bonds is 13. The maximum Gasteiger partial charge on any atom is 0.227 e. The van der Waals surface area contributed by atoms with Gasteiger partial charge in [0.15, 0.2) is 0 Å². The molecule has 0 radical (unpaired) electrons. The lowest BCUT2D eigenvalue weighted by molar-refractivity contribution is 0.205. The molecule has 10 nitrogen and oxygen atoms in total. The highest BCUT2D eigenvalue weighted by Crippen LogP contribution is 2.30. The molecule has 11 heteroatoms. The zero-order valence-corrected chi connectivity index (χ0v) is 21.5. The highest BCUT2D eigenvalue weighted by molar-refractivity contribution is 6.32. The molecule has 0 bridgehead atoms. The quantitative estimate of drug-likeness (QED) is 0.150. The van der Waals surface area contributed by atoms with Gasteiger partial charge in [-0.1, -0.05) is 36.9 Å². The first-order valence-electron chi connectivity index (χ1n) is 12.3. The van der Waals surface area contributed by atoms with Gasteiger partial charge in [-0.3, -0.25) is 9.98 Å². The van der Waals surface area contributed by atoms with Crippen LogP contribution < -0.4 is 21.5 Å². The summed E-state index contributed by atoms with van der Waals surface area (Å²) in [5.41, 5.74) is 13.6. The van der Waals surface area contributed by atoms with Gasteiger partial charge < -0.3 is 26.3 Å². The Labute approximate surface area is 222 Å². The minimum absolute atomic E-state index is 0.184. The van der Waals surface area contributed by atoms with E-state index in [0.29, 0.717) is 55.0 Å². The molecular formula is C26H33ClN8O2. The Bertz CT molecular complexity index is 1120. The standard InChI is InChI=1S/C26H33ClN8O2/c27-22-9-8-19(14-24(22)36-13-11-31-18-29)20-15-33-26(34-16-20)35-23(25(30)37-12-5-4-10-28)17-32-21-6-2-1-3-7-21/h8-9,14-18,21H,1-7,11-13,30H2,(H2,29,31)(H,33,34,35). The Morgan fingerprint density at radius 1 is 1.19 bits per heavy atom. The fourth-order valence-electron chi connectivity index (χ4n) is 3.72. The Kier molecular flexibility index (Phi) is 11.5. The second-order valence-electron chi connectivity index (χ2n) is 8.43. The smallest absolute Gasteiger partial charge is 0.227 e. The molecule has 196 valence electrons. The number of benzene rings is 1. The zero-order chi connectivity index (χ0) is 26.3. The van der Waals surface area contributed by atoms with E-state index in [2.05, 4.69) is 26.3 Å². The number of nitrogens with two attached hydrogens (primary N) is 2. The number of nitrogens with zero attached hydrogens (tertiary/aromatic N) is 5. The summed E-state index contributed by atoms with van der Waals surface area (Å²) in [6, 6.07) is 7.82. The van der Waals surface area contributed by atoms with Gasteiger partial charge >= 0.3 is 0 Å². The van der Waals surface area contributed by atoms with E-state index in [1.807, 2.05) is 12.1 Å². The zero-order valence-electron chi connectivity index (χ0n) is 20.8. The first-order valence-corrected chi connectivity index (χ1v) is 12.7. The highest BCUT2D eigenvalue weighted by Gasteiger charge is 2.13. The lowest BCUT2D eigenvalue weighted by atomic mass is 9.96. The predicted molar refractivity (Wildman–Crippen MR) is 147 cm³/mol. The molecular weight excluding hydrogens is 492 g/mol. The van der Waals surface area contributed by atoms with E-state index in [9.17, 15) is 0 Å². The molecule has 0 unspecified atom stereocenters. The molecule has 0 aliphatic heterocycles. The summed E-state index contributed by atoms with van der Waals surface area (Å²) in [5.74, 6) is 1.07. The van der Waals surface area contributed by atoms with Crippen LogP contribution in [-0.4, -0.2) is 48.3 Å². The number of hydrogen-bond acceptors (Lipinski definition) is 9. The van der Waals surface area contributed by atoms with Crippen LogP contribution in [0.4, 0.5) is 5.95 Å². The molecule has 0 spiro atoms. The van der Waals surface area contributed by atoms with E-state index in [-0.39, 0.29) is 11.9 Å². The van der Waals surface area contributed by atoms with Crippen molar-refractivity contribution in [3.05, 3.63) is 47.2 Å². The molecule has 5 N–H and O–H groups in total. The van der Waals surface area contributed by atoms with E-state index >= 15 is 0 Å². The van der Waals surface area contributed by atoms with Gasteiger partial charge in [-0.05, 0) is 37.0 Å². The van der Waals surface area contributed by atoms with Gasteiger partial charge in [-0.25, -0.2) is 9.97 Å². The van der Waals surface area contributed by atoms with Gasteiger partial charge in [-0.15, -0.1) is 0 Å². The first kappa shape index (κ1) is 27.7. The molecule has 0 amide bonds. The molecule has 1 aliphatic rings. The average molecular weight is 525 g/mol. The number of allylic oxidation sites excluding steroid dienone is 1. The summed E-state index contributed by atoms with van der Waals surface area (Å²) < 4.78 is 11.3. The number of hydrogen-bond donors (Lipinski definition) is 3. The van der Waals surface area contributed by atoms with Crippen molar-refractivity contribution in [1.29, 1.82) is 5.26 Å². The highest BCUT2D eigenvalue weighted by atomic mass is 35.5. The van der Waals surface area contributed by atoms with Crippen molar-refractivity contribution in [3.63, 3.8) is 0 Å². The molecule has 1 heterocycles. The maximum atomic E-state index is 8.73. The Hall–Kier alpha value is -3.84. The van der Waals surface area contributed by atoms with E-state index in [4.69, 9.17) is 42.8 Å². The summed E-state index contributed by atoms with van der Waals surface area (Å²) in [4.78, 5) is 17.5. The molecule has 37 heavy (non-hydrogen) atoms. The third-order valence-electron chi connectivity index (χ3n) is 5.69. The van der Waals surface area contributed by atoms with Crippen molar-refractivity contribution >= 4 is 30.1 Å². The van der Waals surface area contributed by atoms with Crippen molar-refractivity contribution in [3.8, 4) is 22.9 Å². The van der Waals surface area contributed by atoms with Gasteiger partial charge in [-0.2, -0.15) is 5.26 Å². The normalized spacial score (nSPS) is 14.9. The number of nitriles is 1. The molecule has 1 saturated carbocycles. The molecule has 2 aromatic rings. The van der Waals surface area contributed by atoms with Crippen LogP contribution in [0.1, 0.15) is 44.9 Å². The van der Waals surface area contributed by atoms with Crippen LogP contribution in [0.15, 0.2) is 52.2 Å². The van der Waals surface area contributed by atoms with Crippen LogP contribution in [0.25, 0.3) is 11.1 Å². The largest absolute Gasteiger partial charge is 0.490 e. The lowest BCUT2D eigenvalue weighted by Crippen LogP contribution is -2.17. The van der Waals surface area contributed by atoms with Crippen LogP contribution in [0.3, 0.4) is 0 Å². The molecule has 1 aromatic carbocycles. The minimum atomic E-state index is 0.184. The number of aliphatic imine (C=N–C) groups is 2. The van der Waals surface area contributed by atoms with Gasteiger partial charge in [0.05, 0.1) is 42.8 Å². The van der Waals surface area contributed by atoms with E-state index in [1.54, 1.807) is 24.7 Å². The second-order valence-corrected chi connectivity index (χ2v) is 8.83. The second kappa shape index (κ2) is 15.3. The van der Waals surface area contributed by atoms with Gasteiger partial charge in [0.25, 0.3) is 0 Å². The number of ether oxygens (including phenoxy) is 2. The van der Waals surface area contributed by atoms with Gasteiger partial charge in [0.2, 0.25) is 11.8 Å². The SMILES string of the molecule is N#CCCCOC(N)=C(C=NC1CCCCC1)Nc1ncc(-c2ccc(Cl)c(OCCN=CN)c2)cn1. The molecule has 1 aromatic heterocycles. The molecule has 1 fully saturated rings. The fourth-order valence-corrected chi connectivity index (χ4v) is 3.89. The third kappa shape index (κ3) is 9.28. The Balaban J connectivity index is 1.72. The summed E-state index contributed by atoms with van der Waals surface area (Å²) >= 11 is 6.26.